The maximum atomic E-state index is 13.1. The number of sulfonamides is 1. The molecule has 3 aliphatic rings. The van der Waals surface area contributed by atoms with Crippen LogP contribution in [-0.2, 0) is 10.0 Å². The summed E-state index contributed by atoms with van der Waals surface area (Å²) in [5.41, 5.74) is 2.10. The Morgan fingerprint density at radius 1 is 1.04 bits per heavy atom. The summed E-state index contributed by atoms with van der Waals surface area (Å²) in [6.45, 7) is 3.97. The molecule has 3 aliphatic heterocycles. The molecule has 4 atom stereocenters. The molecule has 5 nitrogen and oxygen atoms in total. The molecule has 1 N–H and O–H groups in total. The summed E-state index contributed by atoms with van der Waals surface area (Å²) in [4.78, 5) is 2.68. The number of anilines is 1. The number of fused-ring (bicyclic) bond motifs is 1. The van der Waals surface area contributed by atoms with E-state index in [4.69, 9.17) is 0 Å². The van der Waals surface area contributed by atoms with Gasteiger partial charge in [-0.1, -0.05) is 25.0 Å². The highest BCUT2D eigenvalue weighted by atomic mass is 32.2. The highest BCUT2D eigenvalue weighted by Gasteiger charge is 2.36. The van der Waals surface area contributed by atoms with E-state index < -0.39 is 15.3 Å². The minimum absolute atomic E-state index is 0.0509. The van der Waals surface area contributed by atoms with Crippen molar-refractivity contribution in [2.24, 2.45) is 0 Å². The molecule has 0 saturated carbocycles. The third-order valence-electron chi connectivity index (χ3n) is 7.25. The number of piperidine rings is 2. The first-order chi connectivity index (χ1) is 13.5. The Morgan fingerprint density at radius 3 is 2.50 bits per heavy atom. The van der Waals surface area contributed by atoms with Gasteiger partial charge in [0.25, 0.3) is 0 Å². The molecule has 3 heterocycles. The van der Waals surface area contributed by atoms with E-state index in [9.17, 15) is 8.42 Å². The number of rotatable bonds is 5. The van der Waals surface area contributed by atoms with Gasteiger partial charge in [0.05, 0.1) is 10.9 Å². The number of hydrogen-bond donors (Lipinski definition) is 1. The third-order valence-corrected chi connectivity index (χ3v) is 9.50. The van der Waals surface area contributed by atoms with E-state index in [2.05, 4.69) is 22.3 Å². The van der Waals surface area contributed by atoms with Gasteiger partial charge in [-0.25, -0.2) is 8.42 Å². The molecule has 0 amide bonds. The van der Waals surface area contributed by atoms with Crippen molar-refractivity contribution >= 4 is 15.7 Å². The van der Waals surface area contributed by atoms with Gasteiger partial charge < -0.3 is 5.32 Å². The van der Waals surface area contributed by atoms with Crippen molar-refractivity contribution in [2.45, 2.75) is 81.7 Å². The van der Waals surface area contributed by atoms with E-state index in [1.54, 1.807) is 7.05 Å². The van der Waals surface area contributed by atoms with Crippen LogP contribution in [0.25, 0.3) is 0 Å². The molecule has 6 heteroatoms. The lowest BCUT2D eigenvalue weighted by atomic mass is 10.0. The lowest BCUT2D eigenvalue weighted by molar-refractivity contribution is 0.150. The molecule has 0 aliphatic carbocycles. The SMILES string of the molecule is CC(C1CCCCN1)S(=O)(=O)N(C)c1ccc(C2CCC3CCCCN32)cc1. The summed E-state index contributed by atoms with van der Waals surface area (Å²) < 4.78 is 27.8. The molecule has 156 valence electrons. The second-order valence-corrected chi connectivity index (χ2v) is 11.2. The lowest BCUT2D eigenvalue weighted by Gasteiger charge is -2.34. The summed E-state index contributed by atoms with van der Waals surface area (Å²) >= 11 is 0. The Balaban J connectivity index is 1.47. The van der Waals surface area contributed by atoms with Gasteiger partial charge in [-0.05, 0) is 76.2 Å². The predicted molar refractivity (Wildman–Crippen MR) is 115 cm³/mol. The Labute approximate surface area is 170 Å². The largest absolute Gasteiger partial charge is 0.313 e. The van der Waals surface area contributed by atoms with Crippen molar-refractivity contribution < 1.29 is 8.42 Å². The smallest absolute Gasteiger partial charge is 0.239 e. The average molecular weight is 406 g/mol. The van der Waals surface area contributed by atoms with E-state index in [-0.39, 0.29) is 6.04 Å². The fraction of sp³-hybridized carbons (Fsp3) is 0.727. The van der Waals surface area contributed by atoms with E-state index in [1.807, 2.05) is 19.1 Å². The van der Waals surface area contributed by atoms with Gasteiger partial charge in [-0.15, -0.1) is 0 Å². The van der Waals surface area contributed by atoms with Gasteiger partial charge in [-0.2, -0.15) is 0 Å². The average Bonchev–Trinajstić information content (AvgIpc) is 3.17. The first-order valence-electron chi connectivity index (χ1n) is 11.1. The van der Waals surface area contributed by atoms with Crippen molar-refractivity contribution in [1.29, 1.82) is 0 Å². The van der Waals surface area contributed by atoms with Gasteiger partial charge in [0.2, 0.25) is 10.0 Å². The number of hydrogen-bond acceptors (Lipinski definition) is 4. The van der Waals surface area contributed by atoms with Gasteiger partial charge in [0.1, 0.15) is 0 Å². The van der Waals surface area contributed by atoms with Crippen LogP contribution in [0.4, 0.5) is 5.69 Å². The molecule has 0 radical (unpaired) electrons. The van der Waals surface area contributed by atoms with Crippen molar-refractivity contribution in [3.05, 3.63) is 29.8 Å². The van der Waals surface area contributed by atoms with Gasteiger partial charge >= 0.3 is 0 Å². The topological polar surface area (TPSA) is 52.7 Å². The minimum Gasteiger partial charge on any atom is -0.313 e. The molecular formula is C22H35N3O2S. The quantitative estimate of drug-likeness (QED) is 0.812. The van der Waals surface area contributed by atoms with Crippen LogP contribution in [0.2, 0.25) is 0 Å². The normalized spacial score (nSPS) is 30.0. The standard InChI is InChI=1S/C22H35N3O2S/c1-17(21-8-3-5-15-23-21)28(26,27)24(2)19-11-9-18(10-12-19)22-14-13-20-7-4-6-16-25(20)22/h9-12,17,20-23H,3-8,13-16H2,1-2H3. The van der Waals surface area contributed by atoms with Crippen molar-refractivity contribution in [2.75, 3.05) is 24.4 Å². The third kappa shape index (κ3) is 3.83. The van der Waals surface area contributed by atoms with E-state index in [1.165, 1.54) is 48.5 Å². The van der Waals surface area contributed by atoms with Crippen LogP contribution in [-0.4, -0.2) is 50.8 Å². The molecule has 1 aromatic carbocycles. The highest BCUT2D eigenvalue weighted by molar-refractivity contribution is 7.93. The van der Waals surface area contributed by atoms with Crippen molar-refractivity contribution in [3.8, 4) is 0 Å². The van der Waals surface area contributed by atoms with E-state index in [0.717, 1.165) is 37.5 Å². The predicted octanol–water partition coefficient (Wildman–Crippen LogP) is 3.67. The van der Waals surface area contributed by atoms with Gasteiger partial charge in [-0.3, -0.25) is 9.21 Å². The van der Waals surface area contributed by atoms with Crippen LogP contribution in [0, 0.1) is 0 Å². The number of nitrogens with one attached hydrogen (secondary N) is 1. The Kier molecular flexibility index (Phi) is 6.00. The van der Waals surface area contributed by atoms with Crippen molar-refractivity contribution in [3.63, 3.8) is 0 Å². The zero-order chi connectivity index (χ0) is 19.7. The fourth-order valence-corrected chi connectivity index (χ4v) is 6.97. The maximum absolute atomic E-state index is 13.1. The summed E-state index contributed by atoms with van der Waals surface area (Å²) in [6.07, 6.45) is 9.71. The van der Waals surface area contributed by atoms with Gasteiger partial charge in [0, 0.05) is 25.2 Å². The van der Waals surface area contributed by atoms with Crippen LogP contribution in [0.1, 0.15) is 69.9 Å². The Morgan fingerprint density at radius 2 is 1.79 bits per heavy atom. The first kappa shape index (κ1) is 20.2. The van der Waals surface area contributed by atoms with E-state index in [0.29, 0.717) is 6.04 Å². The van der Waals surface area contributed by atoms with Crippen LogP contribution < -0.4 is 9.62 Å². The number of benzene rings is 1. The summed E-state index contributed by atoms with van der Waals surface area (Å²) in [5.74, 6) is 0. The van der Waals surface area contributed by atoms with Crippen molar-refractivity contribution in [1.82, 2.24) is 10.2 Å². The molecular weight excluding hydrogens is 370 g/mol. The van der Waals surface area contributed by atoms with Crippen LogP contribution in [0.15, 0.2) is 24.3 Å². The molecule has 0 aromatic heterocycles. The molecule has 4 rings (SSSR count). The van der Waals surface area contributed by atoms with E-state index >= 15 is 0 Å². The summed E-state index contributed by atoms with van der Waals surface area (Å²) in [6, 6.07) is 9.59. The Hall–Kier alpha value is -1.11. The Bertz CT molecular complexity index is 758. The monoisotopic (exact) mass is 405 g/mol. The molecule has 1 aromatic rings. The second-order valence-electron chi connectivity index (χ2n) is 8.85. The fourth-order valence-electron chi connectivity index (χ4n) is 5.41. The molecule has 3 fully saturated rings. The molecule has 0 bridgehead atoms. The summed E-state index contributed by atoms with van der Waals surface area (Å²) in [5, 5.41) is 2.98. The van der Waals surface area contributed by atoms with Crippen LogP contribution in [0.3, 0.4) is 0 Å². The molecule has 28 heavy (non-hydrogen) atoms. The van der Waals surface area contributed by atoms with Crippen LogP contribution in [0.5, 0.6) is 0 Å². The number of nitrogens with zero attached hydrogens (tertiary/aromatic N) is 2. The van der Waals surface area contributed by atoms with Gasteiger partial charge in [0.15, 0.2) is 0 Å². The zero-order valence-corrected chi connectivity index (χ0v) is 18.1. The first-order valence-corrected chi connectivity index (χ1v) is 12.6. The molecule has 3 saturated heterocycles. The van der Waals surface area contributed by atoms with Crippen LogP contribution >= 0.6 is 0 Å². The second kappa shape index (κ2) is 8.33. The molecule has 4 unspecified atom stereocenters. The minimum atomic E-state index is -3.38. The lowest BCUT2D eigenvalue weighted by Crippen LogP contribution is -2.49. The maximum Gasteiger partial charge on any atom is 0.239 e. The zero-order valence-electron chi connectivity index (χ0n) is 17.3. The highest BCUT2D eigenvalue weighted by Crippen LogP contribution is 2.40. The molecule has 0 spiro atoms. The summed E-state index contributed by atoms with van der Waals surface area (Å²) in [7, 11) is -1.69.